The molecule has 1 aliphatic heterocycles. The molecule has 0 radical (unpaired) electrons. The number of hydrogen-bond donors (Lipinski definition) is 1. The second-order valence-electron chi connectivity index (χ2n) is 10.5. The SMILES string of the molecule is FCCCN1CC[C@H](Oc2ccc(C3=C(c4ccc(Cl)cc4Cl)CCCc4cc(-c5n[nH]c(=S)o5)ccc43)cc2)C1. The summed E-state index contributed by atoms with van der Waals surface area (Å²) in [5.41, 5.74) is 7.63. The van der Waals surface area contributed by atoms with Gasteiger partial charge in [0.25, 0.3) is 4.84 Å². The number of H-pyrrole nitrogens is 1. The molecule has 4 aromatic rings. The van der Waals surface area contributed by atoms with Gasteiger partial charge in [-0.1, -0.05) is 47.5 Å². The van der Waals surface area contributed by atoms with Crippen LogP contribution in [0.3, 0.4) is 0 Å². The molecule has 1 aromatic heterocycles. The van der Waals surface area contributed by atoms with Gasteiger partial charge in [-0.25, -0.2) is 5.10 Å². The van der Waals surface area contributed by atoms with Gasteiger partial charge in [-0.15, -0.1) is 5.10 Å². The molecule has 0 unspecified atom stereocenters. The van der Waals surface area contributed by atoms with Crippen molar-refractivity contribution in [2.24, 2.45) is 0 Å². The molecule has 41 heavy (non-hydrogen) atoms. The Bertz CT molecular complexity index is 1630. The van der Waals surface area contributed by atoms with E-state index in [1.54, 1.807) is 6.07 Å². The van der Waals surface area contributed by atoms with E-state index in [1.807, 2.05) is 30.3 Å². The summed E-state index contributed by atoms with van der Waals surface area (Å²) in [5, 5.41) is 8.17. The number of aryl methyl sites for hydroxylation is 1. The number of aromatic nitrogens is 2. The highest BCUT2D eigenvalue weighted by Crippen LogP contribution is 2.43. The fourth-order valence-electron chi connectivity index (χ4n) is 5.88. The van der Waals surface area contributed by atoms with Crippen molar-refractivity contribution < 1.29 is 13.5 Å². The monoisotopic (exact) mass is 609 g/mol. The second kappa shape index (κ2) is 12.5. The van der Waals surface area contributed by atoms with E-state index in [0.29, 0.717) is 22.4 Å². The minimum absolute atomic E-state index is 0.114. The van der Waals surface area contributed by atoms with Gasteiger partial charge in [0.05, 0.1) is 6.67 Å². The molecule has 0 spiro atoms. The predicted molar refractivity (Wildman–Crippen MR) is 165 cm³/mol. The molecule has 1 saturated heterocycles. The topological polar surface area (TPSA) is 54.3 Å². The van der Waals surface area contributed by atoms with Gasteiger partial charge >= 0.3 is 0 Å². The van der Waals surface area contributed by atoms with Crippen molar-refractivity contribution in [2.75, 3.05) is 26.3 Å². The van der Waals surface area contributed by atoms with Crippen LogP contribution in [-0.4, -0.2) is 47.5 Å². The smallest absolute Gasteiger partial charge is 0.284 e. The highest BCUT2D eigenvalue weighted by molar-refractivity contribution is 7.71. The van der Waals surface area contributed by atoms with Crippen molar-refractivity contribution in [1.29, 1.82) is 0 Å². The van der Waals surface area contributed by atoms with Crippen LogP contribution >= 0.6 is 35.4 Å². The highest BCUT2D eigenvalue weighted by atomic mass is 35.5. The number of rotatable bonds is 8. The van der Waals surface area contributed by atoms with Gasteiger partial charge in [-0.05, 0) is 114 Å². The van der Waals surface area contributed by atoms with E-state index in [9.17, 15) is 4.39 Å². The largest absolute Gasteiger partial charge is 0.489 e. The van der Waals surface area contributed by atoms with Gasteiger partial charge in [0.15, 0.2) is 0 Å². The maximum Gasteiger partial charge on any atom is 0.284 e. The lowest BCUT2D eigenvalue weighted by atomic mass is 9.87. The molecule has 0 bridgehead atoms. The molecule has 212 valence electrons. The van der Waals surface area contributed by atoms with E-state index in [1.165, 1.54) is 11.1 Å². The van der Waals surface area contributed by atoms with Crippen LogP contribution in [0, 0.1) is 4.84 Å². The van der Waals surface area contributed by atoms with E-state index in [4.69, 9.17) is 44.6 Å². The first kappa shape index (κ1) is 28.2. The van der Waals surface area contributed by atoms with Gasteiger partial charge in [0.1, 0.15) is 11.9 Å². The number of nitrogens with zero attached hydrogens (tertiary/aromatic N) is 2. The Morgan fingerprint density at radius 3 is 2.59 bits per heavy atom. The molecule has 0 amide bonds. The summed E-state index contributed by atoms with van der Waals surface area (Å²) in [6, 6.07) is 20.3. The molecule has 1 aliphatic carbocycles. The number of likely N-dealkylation sites (tertiary alicyclic amines) is 1. The van der Waals surface area contributed by atoms with Crippen LogP contribution in [0.4, 0.5) is 4.39 Å². The average Bonchev–Trinajstić information content (AvgIpc) is 3.56. The summed E-state index contributed by atoms with van der Waals surface area (Å²) in [7, 11) is 0. The molecule has 1 fully saturated rings. The summed E-state index contributed by atoms with van der Waals surface area (Å²) in [6.45, 7) is 2.28. The van der Waals surface area contributed by atoms with Gasteiger partial charge in [0.2, 0.25) is 5.89 Å². The molecule has 2 heterocycles. The summed E-state index contributed by atoms with van der Waals surface area (Å²) >= 11 is 18.1. The van der Waals surface area contributed by atoms with Crippen molar-refractivity contribution >= 4 is 46.6 Å². The molecule has 5 nitrogen and oxygen atoms in total. The highest BCUT2D eigenvalue weighted by Gasteiger charge is 2.25. The Hall–Kier alpha value is -2.97. The first-order valence-corrected chi connectivity index (χ1v) is 15.1. The number of allylic oxidation sites excluding steroid dienone is 1. The molecular weight excluding hydrogens is 580 g/mol. The van der Waals surface area contributed by atoms with E-state index in [-0.39, 0.29) is 17.6 Å². The molecule has 9 heteroatoms. The maximum absolute atomic E-state index is 12.6. The Morgan fingerprint density at radius 2 is 1.83 bits per heavy atom. The lowest BCUT2D eigenvalue weighted by Crippen LogP contribution is -2.26. The third kappa shape index (κ3) is 6.28. The predicted octanol–water partition coefficient (Wildman–Crippen LogP) is 8.81. The zero-order valence-corrected chi connectivity index (χ0v) is 24.8. The van der Waals surface area contributed by atoms with Crippen LogP contribution in [0.25, 0.3) is 22.6 Å². The minimum Gasteiger partial charge on any atom is -0.489 e. The number of alkyl halides is 1. The number of aromatic amines is 1. The molecule has 3 aromatic carbocycles. The third-order valence-corrected chi connectivity index (χ3v) is 8.50. The van der Waals surface area contributed by atoms with E-state index < -0.39 is 0 Å². The fourth-order valence-corrected chi connectivity index (χ4v) is 6.53. The van der Waals surface area contributed by atoms with Crippen molar-refractivity contribution in [3.8, 4) is 17.2 Å². The Morgan fingerprint density at radius 1 is 1.02 bits per heavy atom. The van der Waals surface area contributed by atoms with Crippen LogP contribution in [0.5, 0.6) is 5.75 Å². The summed E-state index contributed by atoms with van der Waals surface area (Å²) in [6.07, 6.45) is 4.35. The Kier molecular flexibility index (Phi) is 8.58. The maximum atomic E-state index is 12.6. The van der Waals surface area contributed by atoms with Crippen molar-refractivity contribution in [3.05, 3.63) is 97.8 Å². The van der Waals surface area contributed by atoms with Gasteiger partial charge in [0, 0.05) is 35.2 Å². The zero-order chi connectivity index (χ0) is 28.3. The Balaban J connectivity index is 1.37. The molecule has 0 saturated carbocycles. The Labute approximate surface area is 253 Å². The normalized spacial score (nSPS) is 17.5. The standard InChI is InChI=1S/C32H30Cl2FN3O2S/c33-23-8-12-27(29(34)18-23)28-4-1-3-21-17-22(31-36-37-32(41)40-31)7-11-26(21)30(28)20-5-9-24(10-6-20)39-25-13-16-38(19-25)15-2-14-35/h5-12,17-18,25H,1-4,13-16,19H2,(H,37,41)/t25-/m0/s1. The number of halogens is 3. The van der Waals surface area contributed by atoms with E-state index >= 15 is 0 Å². The van der Waals surface area contributed by atoms with Crippen LogP contribution in [-0.2, 0) is 6.42 Å². The summed E-state index contributed by atoms with van der Waals surface area (Å²) in [5.74, 6) is 1.31. The number of ether oxygens (including phenoxy) is 1. The van der Waals surface area contributed by atoms with Gasteiger partial charge < -0.3 is 9.15 Å². The molecule has 1 N–H and O–H groups in total. The van der Waals surface area contributed by atoms with Crippen LogP contribution in [0.15, 0.2) is 65.1 Å². The van der Waals surface area contributed by atoms with E-state index in [0.717, 1.165) is 78.9 Å². The number of nitrogens with one attached hydrogen (secondary N) is 1. The molecule has 1 atom stereocenters. The van der Waals surface area contributed by atoms with Crippen LogP contribution in [0.2, 0.25) is 10.0 Å². The number of hydrogen-bond acceptors (Lipinski definition) is 5. The minimum atomic E-state index is -0.277. The summed E-state index contributed by atoms with van der Waals surface area (Å²) < 4.78 is 24.5. The van der Waals surface area contributed by atoms with Gasteiger partial charge in [-0.3, -0.25) is 9.29 Å². The van der Waals surface area contributed by atoms with Crippen molar-refractivity contribution in [3.63, 3.8) is 0 Å². The first-order chi connectivity index (χ1) is 20.0. The lowest BCUT2D eigenvalue weighted by molar-refractivity contribution is 0.198. The average molecular weight is 611 g/mol. The van der Waals surface area contributed by atoms with E-state index in [2.05, 4.69) is 39.4 Å². The quantitative estimate of drug-likeness (QED) is 0.202. The number of benzene rings is 3. The number of fused-ring (bicyclic) bond motifs is 1. The molecule has 6 rings (SSSR count). The van der Waals surface area contributed by atoms with Crippen LogP contribution < -0.4 is 4.74 Å². The fraction of sp³-hybridized carbons (Fsp3) is 0.312. The molecule has 2 aliphatic rings. The van der Waals surface area contributed by atoms with Crippen LogP contribution in [0.1, 0.15) is 47.9 Å². The van der Waals surface area contributed by atoms with Gasteiger partial charge in [-0.2, -0.15) is 0 Å². The first-order valence-electron chi connectivity index (χ1n) is 13.9. The zero-order valence-electron chi connectivity index (χ0n) is 22.5. The third-order valence-electron chi connectivity index (χ3n) is 7.77. The van der Waals surface area contributed by atoms with Crippen molar-refractivity contribution in [1.82, 2.24) is 15.1 Å². The lowest BCUT2D eigenvalue weighted by Gasteiger charge is -2.19. The second-order valence-corrected chi connectivity index (χ2v) is 11.7. The summed E-state index contributed by atoms with van der Waals surface area (Å²) in [4.78, 5) is 2.52. The molecular formula is C32H30Cl2FN3O2S. The van der Waals surface area contributed by atoms with Crippen molar-refractivity contribution in [2.45, 2.75) is 38.2 Å².